The van der Waals surface area contributed by atoms with Crippen LogP contribution in [0.15, 0.2) is 36.7 Å². The summed E-state index contributed by atoms with van der Waals surface area (Å²) in [5.41, 5.74) is 2.41. The Morgan fingerprint density at radius 1 is 1.19 bits per heavy atom. The Morgan fingerprint density at radius 2 is 1.96 bits per heavy atom. The molecule has 1 aromatic carbocycles. The maximum absolute atomic E-state index is 12.8. The summed E-state index contributed by atoms with van der Waals surface area (Å²) in [6.07, 6.45) is 3.67. The van der Waals surface area contributed by atoms with Crippen molar-refractivity contribution in [3.05, 3.63) is 47.8 Å². The third-order valence-electron chi connectivity index (χ3n) is 4.03. The summed E-state index contributed by atoms with van der Waals surface area (Å²) >= 11 is 0. The summed E-state index contributed by atoms with van der Waals surface area (Å²) in [4.78, 5) is 20.9. The van der Waals surface area contributed by atoms with Crippen molar-refractivity contribution in [2.45, 2.75) is 6.54 Å². The molecule has 26 heavy (non-hydrogen) atoms. The number of rotatable bonds is 5. The second-order valence-electron chi connectivity index (χ2n) is 6.52. The predicted octanol–water partition coefficient (Wildman–Crippen LogP) is 1.55. The number of carbonyl (C=O) groups excluding carboxylic acids is 1. The van der Waals surface area contributed by atoms with Crippen LogP contribution in [-0.2, 0) is 20.6 Å². The molecule has 0 fully saturated rings. The van der Waals surface area contributed by atoms with Crippen molar-refractivity contribution in [3.8, 4) is 11.4 Å². The number of amides is 1. The lowest BCUT2D eigenvalue weighted by Crippen LogP contribution is -2.26. The molecule has 0 radical (unpaired) electrons. The van der Waals surface area contributed by atoms with Crippen molar-refractivity contribution in [1.29, 1.82) is 0 Å². The second-order valence-corrected chi connectivity index (χ2v) is 6.52. The second kappa shape index (κ2) is 6.99. The van der Waals surface area contributed by atoms with Crippen LogP contribution in [-0.4, -0.2) is 56.5 Å². The molecule has 0 spiro atoms. The monoisotopic (exact) mass is 353 g/mol. The maximum Gasteiger partial charge on any atom is 0.253 e. The predicted molar refractivity (Wildman–Crippen MR) is 99.8 cm³/mol. The van der Waals surface area contributed by atoms with Gasteiger partial charge in [0.05, 0.1) is 6.20 Å². The highest BCUT2D eigenvalue weighted by molar-refractivity contribution is 5.95. The molecule has 0 saturated heterocycles. The highest BCUT2D eigenvalue weighted by atomic mass is 16.2. The Morgan fingerprint density at radius 3 is 2.58 bits per heavy atom. The molecule has 0 aliphatic rings. The molecule has 8 nitrogen and oxygen atoms in total. The minimum absolute atomic E-state index is 0.0560. The molecule has 0 aliphatic carbocycles. The Hall–Kier alpha value is -3.16. The van der Waals surface area contributed by atoms with E-state index in [-0.39, 0.29) is 5.91 Å². The first-order valence-corrected chi connectivity index (χ1v) is 8.27. The molecule has 0 unspecified atom stereocenters. The average molecular weight is 353 g/mol. The summed E-state index contributed by atoms with van der Waals surface area (Å²) in [5, 5.41) is 8.58. The Kier molecular flexibility index (Phi) is 4.75. The summed E-state index contributed by atoms with van der Waals surface area (Å²) in [6, 6.07) is 7.40. The summed E-state index contributed by atoms with van der Waals surface area (Å²) < 4.78 is 3.45. The Balaban J connectivity index is 1.82. The fourth-order valence-corrected chi connectivity index (χ4v) is 2.80. The fraction of sp³-hybridized carbons (Fsp3) is 0.333. The SMILES string of the molecule is CN(Cc1cnn(C)c1)C(=O)c1cccc(-c2nc(N(C)C)n(C)n2)c1. The van der Waals surface area contributed by atoms with Crippen LogP contribution in [0, 0.1) is 0 Å². The smallest absolute Gasteiger partial charge is 0.253 e. The van der Waals surface area contributed by atoms with Crippen LogP contribution < -0.4 is 4.90 Å². The Labute approximate surface area is 152 Å². The third-order valence-corrected chi connectivity index (χ3v) is 4.03. The van der Waals surface area contributed by atoms with E-state index in [0.717, 1.165) is 17.1 Å². The number of aryl methyl sites for hydroxylation is 2. The van der Waals surface area contributed by atoms with Gasteiger partial charge in [0, 0.05) is 64.7 Å². The van der Waals surface area contributed by atoms with E-state index in [1.54, 1.807) is 33.6 Å². The summed E-state index contributed by atoms with van der Waals surface area (Å²) in [5.74, 6) is 1.30. The summed E-state index contributed by atoms with van der Waals surface area (Å²) in [7, 11) is 9.33. The number of hydrogen-bond donors (Lipinski definition) is 0. The third kappa shape index (κ3) is 3.58. The molecule has 0 N–H and O–H groups in total. The van der Waals surface area contributed by atoms with Gasteiger partial charge in [-0.1, -0.05) is 12.1 Å². The molecular formula is C18H23N7O. The zero-order chi connectivity index (χ0) is 18.8. The molecular weight excluding hydrogens is 330 g/mol. The molecule has 2 aromatic heterocycles. The standard InChI is InChI=1S/C18H23N7O/c1-22(2)18-20-16(21-25(18)5)14-7-6-8-15(9-14)17(26)23(3)11-13-10-19-24(4)12-13/h6-10,12H,11H2,1-5H3. The van der Waals surface area contributed by atoms with Crippen LogP contribution in [0.25, 0.3) is 11.4 Å². The normalized spacial score (nSPS) is 10.8. The van der Waals surface area contributed by atoms with E-state index in [1.807, 2.05) is 57.5 Å². The molecule has 2 heterocycles. The van der Waals surface area contributed by atoms with E-state index < -0.39 is 0 Å². The van der Waals surface area contributed by atoms with Gasteiger partial charge in [0.25, 0.3) is 5.91 Å². The van der Waals surface area contributed by atoms with E-state index in [4.69, 9.17) is 0 Å². The van der Waals surface area contributed by atoms with Gasteiger partial charge in [-0.25, -0.2) is 4.68 Å². The minimum Gasteiger partial charge on any atom is -0.347 e. The van der Waals surface area contributed by atoms with Crippen LogP contribution in [0.4, 0.5) is 5.95 Å². The van der Waals surface area contributed by atoms with Gasteiger partial charge in [-0.3, -0.25) is 9.48 Å². The van der Waals surface area contributed by atoms with Crippen molar-refractivity contribution in [2.24, 2.45) is 14.1 Å². The number of aromatic nitrogens is 5. The quantitative estimate of drug-likeness (QED) is 0.696. The first-order chi connectivity index (χ1) is 12.3. The minimum atomic E-state index is -0.0560. The van der Waals surface area contributed by atoms with Gasteiger partial charge >= 0.3 is 0 Å². The molecule has 3 rings (SSSR count). The fourth-order valence-electron chi connectivity index (χ4n) is 2.80. The van der Waals surface area contributed by atoms with Gasteiger partial charge in [-0.2, -0.15) is 10.1 Å². The molecule has 0 aliphatic heterocycles. The molecule has 3 aromatic rings. The van der Waals surface area contributed by atoms with E-state index in [9.17, 15) is 4.79 Å². The van der Waals surface area contributed by atoms with E-state index in [0.29, 0.717) is 17.9 Å². The lowest BCUT2D eigenvalue weighted by atomic mass is 10.1. The number of carbonyl (C=O) groups is 1. The largest absolute Gasteiger partial charge is 0.347 e. The van der Waals surface area contributed by atoms with Gasteiger partial charge in [0.2, 0.25) is 5.95 Å². The molecule has 8 heteroatoms. The summed E-state index contributed by atoms with van der Waals surface area (Å²) in [6.45, 7) is 0.503. The highest BCUT2D eigenvalue weighted by Gasteiger charge is 2.16. The molecule has 0 saturated carbocycles. The van der Waals surface area contributed by atoms with E-state index in [1.165, 1.54) is 0 Å². The van der Waals surface area contributed by atoms with E-state index in [2.05, 4.69) is 15.2 Å². The van der Waals surface area contributed by atoms with Crippen LogP contribution >= 0.6 is 0 Å². The molecule has 0 bridgehead atoms. The average Bonchev–Trinajstić information content (AvgIpc) is 3.20. The van der Waals surface area contributed by atoms with Crippen molar-refractivity contribution >= 4 is 11.9 Å². The van der Waals surface area contributed by atoms with Gasteiger partial charge in [-0.15, -0.1) is 5.10 Å². The van der Waals surface area contributed by atoms with Crippen LogP contribution in [0.2, 0.25) is 0 Å². The zero-order valence-electron chi connectivity index (χ0n) is 15.7. The maximum atomic E-state index is 12.8. The van der Waals surface area contributed by atoms with Gasteiger partial charge in [0.1, 0.15) is 0 Å². The van der Waals surface area contributed by atoms with Gasteiger partial charge < -0.3 is 9.80 Å². The molecule has 1 amide bonds. The van der Waals surface area contributed by atoms with Crippen molar-refractivity contribution in [2.75, 3.05) is 26.0 Å². The van der Waals surface area contributed by atoms with Gasteiger partial charge in [-0.05, 0) is 12.1 Å². The zero-order valence-corrected chi connectivity index (χ0v) is 15.7. The molecule has 136 valence electrons. The van der Waals surface area contributed by atoms with Crippen molar-refractivity contribution < 1.29 is 4.79 Å². The number of hydrogen-bond acceptors (Lipinski definition) is 5. The number of nitrogens with zero attached hydrogens (tertiary/aromatic N) is 7. The van der Waals surface area contributed by atoms with Crippen molar-refractivity contribution in [1.82, 2.24) is 29.4 Å². The Bertz CT molecular complexity index is 925. The first kappa shape index (κ1) is 17.7. The van der Waals surface area contributed by atoms with Crippen LogP contribution in [0.5, 0.6) is 0 Å². The molecule has 0 atom stereocenters. The lowest BCUT2D eigenvalue weighted by Gasteiger charge is -2.16. The van der Waals surface area contributed by atoms with E-state index >= 15 is 0 Å². The topological polar surface area (TPSA) is 72.1 Å². The van der Waals surface area contributed by atoms with Gasteiger partial charge in [0.15, 0.2) is 5.82 Å². The number of anilines is 1. The van der Waals surface area contributed by atoms with Crippen molar-refractivity contribution in [3.63, 3.8) is 0 Å². The lowest BCUT2D eigenvalue weighted by molar-refractivity contribution is 0.0785. The number of benzene rings is 1. The first-order valence-electron chi connectivity index (χ1n) is 8.27. The highest BCUT2D eigenvalue weighted by Crippen LogP contribution is 2.20. The van der Waals surface area contributed by atoms with Crippen LogP contribution in [0.3, 0.4) is 0 Å². The van der Waals surface area contributed by atoms with Crippen LogP contribution in [0.1, 0.15) is 15.9 Å².